The Morgan fingerprint density at radius 3 is 3.00 bits per heavy atom. The highest BCUT2D eigenvalue weighted by atomic mass is 16.5. The zero-order chi connectivity index (χ0) is 14.5. The van der Waals surface area contributed by atoms with E-state index in [9.17, 15) is 9.90 Å². The number of rotatable bonds is 6. The van der Waals surface area contributed by atoms with Crippen LogP contribution in [0.1, 0.15) is 6.92 Å². The monoisotopic (exact) mass is 277 g/mol. The number of aliphatic hydroxyl groups is 1. The zero-order valence-electron chi connectivity index (χ0n) is 11.0. The van der Waals surface area contributed by atoms with E-state index in [-0.39, 0.29) is 18.8 Å². The molecule has 1 atom stereocenters. The lowest BCUT2D eigenvalue weighted by atomic mass is 10.3. The fraction of sp³-hybridized carbons (Fsp3) is 0.308. The highest BCUT2D eigenvalue weighted by Gasteiger charge is 2.12. The van der Waals surface area contributed by atoms with E-state index in [1.54, 1.807) is 18.2 Å². The first-order chi connectivity index (χ1) is 9.58. The number of hydrogen-bond acceptors (Lipinski definition) is 6. The first-order valence-electron chi connectivity index (χ1n) is 6.01. The molecule has 0 saturated heterocycles. The van der Waals surface area contributed by atoms with Gasteiger partial charge in [-0.2, -0.15) is 15.4 Å². The summed E-state index contributed by atoms with van der Waals surface area (Å²) >= 11 is 0. The number of hydrogen-bond donors (Lipinski definition) is 2. The second kappa shape index (κ2) is 6.16. The van der Waals surface area contributed by atoms with Gasteiger partial charge in [0.2, 0.25) is 0 Å². The van der Waals surface area contributed by atoms with Gasteiger partial charge in [0.15, 0.2) is 5.52 Å². The number of H-pyrrole nitrogens is 1. The second-order valence-electron chi connectivity index (χ2n) is 4.29. The van der Waals surface area contributed by atoms with Crippen LogP contribution < -0.4 is 4.74 Å². The number of esters is 1. The van der Waals surface area contributed by atoms with Gasteiger partial charge in [0.05, 0.1) is 0 Å². The molecule has 106 valence electrons. The van der Waals surface area contributed by atoms with Gasteiger partial charge in [-0.25, -0.2) is 4.79 Å². The van der Waals surface area contributed by atoms with Crippen molar-refractivity contribution in [2.24, 2.45) is 0 Å². The summed E-state index contributed by atoms with van der Waals surface area (Å²) in [7, 11) is 0. The number of ether oxygens (including phenoxy) is 2. The number of carbonyl (C=O) groups excluding carboxylic acids is 1. The molecule has 0 aliphatic carbocycles. The van der Waals surface area contributed by atoms with Gasteiger partial charge in [-0.1, -0.05) is 12.6 Å². The lowest BCUT2D eigenvalue weighted by molar-refractivity contribution is -0.142. The summed E-state index contributed by atoms with van der Waals surface area (Å²) in [6, 6.07) is 5.28. The molecule has 2 N–H and O–H groups in total. The predicted octanol–water partition coefficient (Wildman–Crippen LogP) is 0.817. The Bertz CT molecular complexity index is 623. The molecule has 0 amide bonds. The molecule has 0 spiro atoms. The highest BCUT2D eigenvalue weighted by Crippen LogP contribution is 2.21. The van der Waals surface area contributed by atoms with Crippen LogP contribution in [0.2, 0.25) is 0 Å². The molecular formula is C13H15N3O4. The van der Waals surface area contributed by atoms with Crippen LogP contribution in [0.4, 0.5) is 0 Å². The topological polar surface area (TPSA) is 97.3 Å². The number of nitrogens with zero attached hydrogens (tertiary/aromatic N) is 2. The minimum Gasteiger partial charge on any atom is -0.488 e. The lowest BCUT2D eigenvalue weighted by Crippen LogP contribution is -2.25. The van der Waals surface area contributed by atoms with Crippen molar-refractivity contribution >= 4 is 17.0 Å². The van der Waals surface area contributed by atoms with Crippen LogP contribution >= 0.6 is 0 Å². The van der Waals surface area contributed by atoms with Crippen LogP contribution in [0, 0.1) is 0 Å². The third kappa shape index (κ3) is 3.33. The summed E-state index contributed by atoms with van der Waals surface area (Å²) in [6.45, 7) is 4.82. The van der Waals surface area contributed by atoms with Crippen molar-refractivity contribution in [3.63, 3.8) is 0 Å². The minimum absolute atomic E-state index is 0.0184. The van der Waals surface area contributed by atoms with Crippen LogP contribution in [0.15, 0.2) is 30.4 Å². The third-order valence-corrected chi connectivity index (χ3v) is 2.50. The fourth-order valence-electron chi connectivity index (χ4n) is 1.49. The molecule has 2 rings (SSSR count). The van der Waals surface area contributed by atoms with E-state index in [1.807, 2.05) is 0 Å². The molecule has 0 aliphatic rings. The van der Waals surface area contributed by atoms with E-state index in [4.69, 9.17) is 9.47 Å². The van der Waals surface area contributed by atoms with Crippen molar-refractivity contribution in [3.8, 4) is 5.75 Å². The SMILES string of the molecule is C=C(C)C(=O)OCC(O)COc1cccc2n[nH]nc12. The second-order valence-corrected chi connectivity index (χ2v) is 4.29. The van der Waals surface area contributed by atoms with E-state index in [1.165, 1.54) is 6.92 Å². The number of aliphatic hydroxyl groups excluding tert-OH is 1. The molecule has 1 unspecified atom stereocenters. The maximum atomic E-state index is 11.2. The molecular weight excluding hydrogens is 262 g/mol. The molecule has 2 aromatic rings. The number of benzene rings is 1. The smallest absolute Gasteiger partial charge is 0.333 e. The molecule has 7 nitrogen and oxygen atoms in total. The molecule has 0 bridgehead atoms. The quantitative estimate of drug-likeness (QED) is 0.599. The van der Waals surface area contributed by atoms with Gasteiger partial charge in [-0.3, -0.25) is 0 Å². The summed E-state index contributed by atoms with van der Waals surface area (Å²) in [5.41, 5.74) is 1.54. The zero-order valence-corrected chi connectivity index (χ0v) is 11.0. The van der Waals surface area contributed by atoms with Crippen LogP contribution in [-0.4, -0.2) is 45.8 Å². The van der Waals surface area contributed by atoms with E-state index in [2.05, 4.69) is 22.0 Å². The van der Waals surface area contributed by atoms with Crippen molar-refractivity contribution in [2.75, 3.05) is 13.2 Å². The van der Waals surface area contributed by atoms with Crippen molar-refractivity contribution in [1.82, 2.24) is 15.4 Å². The number of aromatic amines is 1. The van der Waals surface area contributed by atoms with Crippen LogP contribution in [0.25, 0.3) is 11.0 Å². The van der Waals surface area contributed by atoms with Crippen LogP contribution in [0.5, 0.6) is 5.75 Å². The van der Waals surface area contributed by atoms with Gasteiger partial charge in [0.1, 0.15) is 30.6 Å². The minimum atomic E-state index is -0.930. The van der Waals surface area contributed by atoms with Gasteiger partial charge in [-0.15, -0.1) is 0 Å². The number of nitrogens with one attached hydrogen (secondary N) is 1. The summed E-state index contributed by atoms with van der Waals surface area (Å²) < 4.78 is 10.3. The number of para-hydroxylation sites is 1. The molecule has 0 saturated carbocycles. The molecule has 1 aromatic heterocycles. The van der Waals surface area contributed by atoms with Gasteiger partial charge in [-0.05, 0) is 19.1 Å². The summed E-state index contributed by atoms with van der Waals surface area (Å²) in [5.74, 6) is -0.0378. The van der Waals surface area contributed by atoms with Gasteiger partial charge < -0.3 is 14.6 Å². The first-order valence-corrected chi connectivity index (χ1v) is 6.01. The molecule has 0 aliphatic heterocycles. The van der Waals surface area contributed by atoms with Crippen LogP contribution in [-0.2, 0) is 9.53 Å². The number of fused-ring (bicyclic) bond motifs is 1. The molecule has 0 fully saturated rings. The van der Waals surface area contributed by atoms with Crippen molar-refractivity contribution < 1.29 is 19.4 Å². The Kier molecular flexibility index (Phi) is 4.31. The number of carbonyl (C=O) groups is 1. The summed E-state index contributed by atoms with van der Waals surface area (Å²) in [5, 5.41) is 20.1. The van der Waals surface area contributed by atoms with Gasteiger partial charge in [0, 0.05) is 5.57 Å². The largest absolute Gasteiger partial charge is 0.488 e. The highest BCUT2D eigenvalue weighted by molar-refractivity contribution is 5.86. The maximum absolute atomic E-state index is 11.2. The predicted molar refractivity (Wildman–Crippen MR) is 71.2 cm³/mol. The Morgan fingerprint density at radius 2 is 2.25 bits per heavy atom. The molecule has 1 aromatic carbocycles. The summed E-state index contributed by atoms with van der Waals surface area (Å²) in [6.07, 6.45) is -0.930. The van der Waals surface area contributed by atoms with E-state index < -0.39 is 12.1 Å². The third-order valence-electron chi connectivity index (χ3n) is 2.50. The van der Waals surface area contributed by atoms with Crippen molar-refractivity contribution in [3.05, 3.63) is 30.4 Å². The van der Waals surface area contributed by atoms with E-state index >= 15 is 0 Å². The van der Waals surface area contributed by atoms with E-state index in [0.717, 1.165) is 0 Å². The Balaban J connectivity index is 1.87. The van der Waals surface area contributed by atoms with Crippen molar-refractivity contribution in [1.29, 1.82) is 0 Å². The first kappa shape index (κ1) is 14.0. The molecule has 0 radical (unpaired) electrons. The molecule has 1 heterocycles. The van der Waals surface area contributed by atoms with E-state index in [0.29, 0.717) is 16.8 Å². The average molecular weight is 277 g/mol. The Labute approximate surface area is 115 Å². The average Bonchev–Trinajstić information content (AvgIpc) is 2.91. The normalized spacial score (nSPS) is 12.1. The Hall–Kier alpha value is -2.41. The standard InChI is InChI=1S/C13H15N3O4/c1-8(2)13(18)20-7-9(17)6-19-11-5-3-4-10-12(11)15-16-14-10/h3-5,9,17H,1,6-7H2,2H3,(H,14,15,16). The Morgan fingerprint density at radius 1 is 1.45 bits per heavy atom. The molecule has 20 heavy (non-hydrogen) atoms. The van der Waals surface area contributed by atoms with Crippen LogP contribution in [0.3, 0.4) is 0 Å². The van der Waals surface area contributed by atoms with Crippen molar-refractivity contribution in [2.45, 2.75) is 13.0 Å². The molecule has 7 heteroatoms. The number of aromatic nitrogens is 3. The summed E-state index contributed by atoms with van der Waals surface area (Å²) in [4.78, 5) is 11.2. The fourth-order valence-corrected chi connectivity index (χ4v) is 1.49. The van der Waals surface area contributed by atoms with Gasteiger partial charge in [0.25, 0.3) is 0 Å². The maximum Gasteiger partial charge on any atom is 0.333 e. The lowest BCUT2D eigenvalue weighted by Gasteiger charge is -2.12. The van der Waals surface area contributed by atoms with Gasteiger partial charge >= 0.3 is 5.97 Å².